The maximum Gasteiger partial charge on any atom is 0.325 e. The lowest BCUT2D eigenvalue weighted by molar-refractivity contribution is -0.143. The Bertz CT molecular complexity index is 710. The summed E-state index contributed by atoms with van der Waals surface area (Å²) in [7, 11) is 2.98. The van der Waals surface area contributed by atoms with E-state index in [1.54, 1.807) is 18.2 Å². The highest BCUT2D eigenvalue weighted by molar-refractivity contribution is 5.96. The Morgan fingerprint density at radius 2 is 1.54 bits per heavy atom. The molecule has 7 heteroatoms. The molecule has 138 valence electrons. The molecule has 1 amide bonds. The largest absolute Gasteiger partial charge is 0.497 e. The molecule has 0 aliphatic heterocycles. The highest BCUT2D eigenvalue weighted by Crippen LogP contribution is 2.22. The van der Waals surface area contributed by atoms with E-state index >= 15 is 0 Å². The topological polar surface area (TPSA) is 83.1 Å². The second-order valence-electron chi connectivity index (χ2n) is 5.17. The third-order valence-electron chi connectivity index (χ3n) is 3.37. The predicted molar refractivity (Wildman–Crippen MR) is 94.8 cm³/mol. The van der Waals surface area contributed by atoms with Gasteiger partial charge in [-0.2, -0.15) is 0 Å². The minimum Gasteiger partial charge on any atom is -0.497 e. The summed E-state index contributed by atoms with van der Waals surface area (Å²) in [6.45, 7) is 0.0804. The van der Waals surface area contributed by atoms with Gasteiger partial charge in [0.1, 0.15) is 37.0 Å². The van der Waals surface area contributed by atoms with Gasteiger partial charge in [0.25, 0.3) is 5.91 Å². The Morgan fingerprint density at radius 3 is 2.15 bits per heavy atom. The van der Waals surface area contributed by atoms with Gasteiger partial charge in [-0.25, -0.2) is 0 Å². The lowest BCUT2D eigenvalue weighted by Gasteiger charge is -2.10. The Kier molecular flexibility index (Phi) is 7.30. The van der Waals surface area contributed by atoms with Crippen LogP contribution in [0.25, 0.3) is 0 Å². The van der Waals surface area contributed by atoms with Gasteiger partial charge in [-0.3, -0.25) is 9.59 Å². The molecule has 0 bridgehead atoms. The molecule has 0 spiro atoms. The number of methoxy groups -OCH3 is 2. The van der Waals surface area contributed by atoms with Crippen molar-refractivity contribution in [2.75, 3.05) is 34.0 Å². The molecule has 0 fully saturated rings. The van der Waals surface area contributed by atoms with Crippen LogP contribution in [0, 0.1) is 0 Å². The summed E-state index contributed by atoms with van der Waals surface area (Å²) in [6, 6.07) is 14.0. The molecule has 26 heavy (non-hydrogen) atoms. The molecular formula is C19H21NO6. The zero-order valence-corrected chi connectivity index (χ0v) is 14.7. The maximum absolute atomic E-state index is 12.1. The first kappa shape index (κ1) is 19.1. The van der Waals surface area contributed by atoms with Crippen molar-refractivity contribution in [2.24, 2.45) is 0 Å². The maximum atomic E-state index is 12.1. The molecule has 0 aliphatic rings. The summed E-state index contributed by atoms with van der Waals surface area (Å²) in [4.78, 5) is 23.8. The van der Waals surface area contributed by atoms with Gasteiger partial charge in [-0.15, -0.1) is 0 Å². The van der Waals surface area contributed by atoms with Gasteiger partial charge >= 0.3 is 5.97 Å². The van der Waals surface area contributed by atoms with E-state index < -0.39 is 11.9 Å². The number of para-hydroxylation sites is 1. The number of ether oxygens (including phenoxy) is 4. The van der Waals surface area contributed by atoms with Gasteiger partial charge in [0.05, 0.1) is 14.2 Å². The van der Waals surface area contributed by atoms with Crippen LogP contribution in [0.5, 0.6) is 17.2 Å². The van der Waals surface area contributed by atoms with Crippen molar-refractivity contribution in [1.29, 1.82) is 0 Å². The quantitative estimate of drug-likeness (QED) is 0.545. The number of nitrogens with one attached hydrogen (secondary N) is 1. The molecule has 0 aromatic heterocycles. The van der Waals surface area contributed by atoms with Crippen LogP contribution in [-0.4, -0.2) is 45.9 Å². The monoisotopic (exact) mass is 359 g/mol. The molecule has 1 N–H and O–H groups in total. The van der Waals surface area contributed by atoms with Crippen molar-refractivity contribution in [3.05, 3.63) is 54.1 Å². The second kappa shape index (κ2) is 9.93. The van der Waals surface area contributed by atoms with E-state index in [2.05, 4.69) is 5.32 Å². The first-order valence-corrected chi connectivity index (χ1v) is 7.97. The van der Waals surface area contributed by atoms with Crippen LogP contribution < -0.4 is 19.5 Å². The molecule has 0 atom stereocenters. The van der Waals surface area contributed by atoms with Crippen LogP contribution in [0.1, 0.15) is 10.4 Å². The van der Waals surface area contributed by atoms with Gasteiger partial charge in [0.2, 0.25) is 0 Å². The van der Waals surface area contributed by atoms with Crippen molar-refractivity contribution in [2.45, 2.75) is 0 Å². The molecule has 0 radical (unpaired) electrons. The highest BCUT2D eigenvalue weighted by Gasteiger charge is 2.12. The number of amides is 1. The fourth-order valence-corrected chi connectivity index (χ4v) is 2.08. The summed E-state index contributed by atoms with van der Waals surface area (Å²) < 4.78 is 20.6. The van der Waals surface area contributed by atoms with E-state index in [9.17, 15) is 9.59 Å². The molecule has 2 aromatic rings. The van der Waals surface area contributed by atoms with E-state index in [0.717, 1.165) is 0 Å². The normalized spacial score (nSPS) is 9.92. The lowest BCUT2D eigenvalue weighted by Crippen LogP contribution is -2.31. The fourth-order valence-electron chi connectivity index (χ4n) is 2.08. The minimum absolute atomic E-state index is 0.0938. The number of hydrogen-bond donors (Lipinski definition) is 1. The van der Waals surface area contributed by atoms with Crippen LogP contribution in [0.4, 0.5) is 0 Å². The Hall–Kier alpha value is -3.22. The Balaban J connectivity index is 1.73. The number of rotatable bonds is 9. The summed E-state index contributed by atoms with van der Waals surface area (Å²) in [6.07, 6.45) is 0. The highest BCUT2D eigenvalue weighted by atomic mass is 16.6. The minimum atomic E-state index is -0.551. The molecule has 0 unspecified atom stereocenters. The third-order valence-corrected chi connectivity index (χ3v) is 3.37. The summed E-state index contributed by atoms with van der Waals surface area (Å²) in [5.41, 5.74) is 0.321. The van der Waals surface area contributed by atoms with Crippen molar-refractivity contribution in [1.82, 2.24) is 5.32 Å². The van der Waals surface area contributed by atoms with E-state index in [-0.39, 0.29) is 19.8 Å². The molecule has 7 nitrogen and oxygen atoms in total. The smallest absolute Gasteiger partial charge is 0.325 e. The standard InChI is InChI=1S/C19H21NO6/c1-23-16-10-14(11-17(12-16)24-2)19(22)20-13-18(21)26-9-8-25-15-6-4-3-5-7-15/h3-7,10-12H,8-9,13H2,1-2H3,(H,20,22). The van der Waals surface area contributed by atoms with Crippen molar-refractivity contribution >= 4 is 11.9 Å². The van der Waals surface area contributed by atoms with Gasteiger partial charge in [0.15, 0.2) is 0 Å². The SMILES string of the molecule is COc1cc(OC)cc(C(=O)NCC(=O)OCCOc2ccccc2)c1. The zero-order valence-electron chi connectivity index (χ0n) is 14.7. The van der Waals surface area contributed by atoms with Gasteiger partial charge in [-0.1, -0.05) is 18.2 Å². The Labute approximate surface area is 151 Å². The Morgan fingerprint density at radius 1 is 0.885 bits per heavy atom. The first-order valence-electron chi connectivity index (χ1n) is 7.97. The van der Waals surface area contributed by atoms with Gasteiger partial charge in [0, 0.05) is 11.6 Å². The van der Waals surface area contributed by atoms with E-state index in [1.165, 1.54) is 14.2 Å². The zero-order chi connectivity index (χ0) is 18.8. The molecular weight excluding hydrogens is 338 g/mol. The summed E-state index contributed by atoms with van der Waals surface area (Å²) in [5, 5.41) is 2.49. The third kappa shape index (κ3) is 6.01. The van der Waals surface area contributed by atoms with Crippen LogP contribution in [-0.2, 0) is 9.53 Å². The van der Waals surface area contributed by atoms with Crippen LogP contribution in [0.3, 0.4) is 0 Å². The molecule has 2 rings (SSSR count). The lowest BCUT2D eigenvalue weighted by atomic mass is 10.2. The molecule has 0 aliphatic carbocycles. The van der Waals surface area contributed by atoms with Crippen molar-refractivity contribution < 1.29 is 28.5 Å². The average Bonchev–Trinajstić information content (AvgIpc) is 2.69. The molecule has 0 saturated carbocycles. The number of carbonyl (C=O) groups is 2. The van der Waals surface area contributed by atoms with E-state index in [4.69, 9.17) is 18.9 Å². The van der Waals surface area contributed by atoms with Crippen molar-refractivity contribution in [3.8, 4) is 17.2 Å². The van der Waals surface area contributed by atoms with Crippen LogP contribution >= 0.6 is 0 Å². The van der Waals surface area contributed by atoms with Gasteiger partial charge in [-0.05, 0) is 24.3 Å². The number of carbonyl (C=O) groups excluding carboxylic acids is 2. The molecule has 0 heterocycles. The molecule has 0 saturated heterocycles. The van der Waals surface area contributed by atoms with Crippen molar-refractivity contribution in [3.63, 3.8) is 0 Å². The van der Waals surface area contributed by atoms with Crippen LogP contribution in [0.15, 0.2) is 48.5 Å². The number of esters is 1. The first-order chi connectivity index (χ1) is 12.6. The summed E-state index contributed by atoms with van der Waals surface area (Å²) in [5.74, 6) is 0.679. The second-order valence-corrected chi connectivity index (χ2v) is 5.17. The average molecular weight is 359 g/mol. The van der Waals surface area contributed by atoms with Crippen LogP contribution in [0.2, 0.25) is 0 Å². The summed E-state index contributed by atoms with van der Waals surface area (Å²) >= 11 is 0. The van der Waals surface area contributed by atoms with E-state index in [1.807, 2.05) is 30.3 Å². The van der Waals surface area contributed by atoms with Gasteiger partial charge < -0.3 is 24.3 Å². The number of benzene rings is 2. The molecule has 2 aromatic carbocycles. The fraction of sp³-hybridized carbons (Fsp3) is 0.263. The predicted octanol–water partition coefficient (Wildman–Crippen LogP) is 2.06. The van der Waals surface area contributed by atoms with E-state index in [0.29, 0.717) is 22.8 Å². The number of hydrogen-bond acceptors (Lipinski definition) is 6.